The van der Waals surface area contributed by atoms with Crippen LogP contribution in [0.5, 0.6) is 0 Å². The minimum atomic E-state index is -0.167. The molecule has 0 aliphatic carbocycles. The molecular formula is C19H37N3O3. The summed E-state index contributed by atoms with van der Waals surface area (Å²) in [5.41, 5.74) is 0.837. The zero-order valence-corrected chi connectivity index (χ0v) is 16.5. The van der Waals surface area contributed by atoms with Crippen molar-refractivity contribution in [2.24, 2.45) is 5.92 Å². The van der Waals surface area contributed by atoms with E-state index in [0.717, 1.165) is 57.6 Å². The van der Waals surface area contributed by atoms with Crippen LogP contribution in [0.4, 0.5) is 4.79 Å². The van der Waals surface area contributed by atoms with Crippen molar-refractivity contribution in [2.75, 3.05) is 32.8 Å². The molecular weight excluding hydrogens is 318 g/mol. The molecule has 2 saturated heterocycles. The van der Waals surface area contributed by atoms with E-state index in [1.807, 2.05) is 18.7 Å². The van der Waals surface area contributed by atoms with Crippen LogP contribution in [0.1, 0.15) is 59.8 Å². The van der Waals surface area contributed by atoms with E-state index in [9.17, 15) is 4.79 Å². The number of hydrogen-bond acceptors (Lipinski definition) is 5. The van der Waals surface area contributed by atoms with E-state index in [-0.39, 0.29) is 12.2 Å². The highest BCUT2D eigenvalue weighted by Gasteiger charge is 2.28. The van der Waals surface area contributed by atoms with Crippen molar-refractivity contribution in [3.8, 4) is 0 Å². The van der Waals surface area contributed by atoms with Crippen LogP contribution in [-0.2, 0) is 4.74 Å². The molecule has 2 aliphatic heterocycles. The van der Waals surface area contributed by atoms with Crippen LogP contribution in [0, 0.1) is 11.3 Å². The van der Waals surface area contributed by atoms with Gasteiger partial charge in [0, 0.05) is 30.9 Å². The van der Waals surface area contributed by atoms with Crippen LogP contribution in [0.3, 0.4) is 0 Å². The number of aliphatic hydroxyl groups excluding tert-OH is 1. The van der Waals surface area contributed by atoms with E-state index in [0.29, 0.717) is 18.6 Å². The summed E-state index contributed by atoms with van der Waals surface area (Å²) < 4.78 is 5.11. The van der Waals surface area contributed by atoms with Gasteiger partial charge >= 0.3 is 6.09 Å². The molecule has 2 heterocycles. The maximum atomic E-state index is 11.8. The van der Waals surface area contributed by atoms with Gasteiger partial charge in [0.15, 0.2) is 0 Å². The molecule has 0 aromatic carbocycles. The minimum absolute atomic E-state index is 0.156. The fourth-order valence-corrected chi connectivity index (χ4v) is 3.54. The minimum Gasteiger partial charge on any atom is -0.450 e. The van der Waals surface area contributed by atoms with Crippen molar-refractivity contribution in [3.63, 3.8) is 0 Å². The Kier molecular flexibility index (Phi) is 10.0. The first-order valence-electron chi connectivity index (χ1n) is 9.74. The highest BCUT2D eigenvalue weighted by Crippen LogP contribution is 2.24. The number of aliphatic hydroxyl groups is 1. The van der Waals surface area contributed by atoms with Crippen molar-refractivity contribution in [1.29, 1.82) is 5.41 Å². The summed E-state index contributed by atoms with van der Waals surface area (Å²) in [6, 6.07) is 0.594. The zero-order valence-electron chi connectivity index (χ0n) is 16.5. The monoisotopic (exact) mass is 355 g/mol. The standard InChI is InChI=1S/C16H29N3O2.C3H8O/c1-3-21-16(20)19-9-4-5-15(8-12-19)18-10-6-14(7-11-18)13(2)17;1-3(2)4/h14-15,17H,3-12H2,1-2H3;3-4H,1-2H3. The van der Waals surface area contributed by atoms with Gasteiger partial charge < -0.3 is 25.1 Å². The van der Waals surface area contributed by atoms with E-state index < -0.39 is 0 Å². The Bertz CT molecular complexity index is 404. The van der Waals surface area contributed by atoms with E-state index in [1.54, 1.807) is 13.8 Å². The molecule has 0 aromatic rings. The molecule has 2 aliphatic rings. The van der Waals surface area contributed by atoms with Crippen molar-refractivity contribution in [3.05, 3.63) is 0 Å². The number of amides is 1. The average Bonchev–Trinajstić information content (AvgIpc) is 2.81. The molecule has 0 saturated carbocycles. The van der Waals surface area contributed by atoms with Gasteiger partial charge in [0.25, 0.3) is 0 Å². The number of piperidine rings is 1. The normalized spacial score (nSPS) is 22.8. The Hall–Kier alpha value is -1.14. The fourth-order valence-electron chi connectivity index (χ4n) is 3.54. The van der Waals surface area contributed by atoms with Gasteiger partial charge in [-0.3, -0.25) is 0 Å². The van der Waals surface area contributed by atoms with Crippen LogP contribution in [0.25, 0.3) is 0 Å². The number of nitrogens with zero attached hydrogens (tertiary/aromatic N) is 2. The lowest BCUT2D eigenvalue weighted by Crippen LogP contribution is -2.43. The Balaban J connectivity index is 0.000000705. The van der Waals surface area contributed by atoms with Crippen LogP contribution in [0.15, 0.2) is 0 Å². The molecule has 25 heavy (non-hydrogen) atoms. The summed E-state index contributed by atoms with van der Waals surface area (Å²) in [5, 5.41) is 15.8. The van der Waals surface area contributed by atoms with Crippen molar-refractivity contribution >= 4 is 11.8 Å². The van der Waals surface area contributed by atoms with Gasteiger partial charge in [-0.2, -0.15) is 0 Å². The van der Waals surface area contributed by atoms with E-state index in [4.69, 9.17) is 15.3 Å². The van der Waals surface area contributed by atoms with Crippen molar-refractivity contribution in [1.82, 2.24) is 9.80 Å². The first-order chi connectivity index (χ1) is 11.8. The van der Waals surface area contributed by atoms with Gasteiger partial charge in [-0.1, -0.05) is 0 Å². The molecule has 0 spiro atoms. The summed E-state index contributed by atoms with van der Waals surface area (Å²) in [6.45, 7) is 11.5. The maximum Gasteiger partial charge on any atom is 0.409 e. The molecule has 1 amide bonds. The SMILES string of the molecule is CC(C)O.CCOC(=O)N1CCCC(N2CCC(C(C)=N)CC2)CC1. The Labute approximate surface area is 153 Å². The number of hydrogen-bond donors (Lipinski definition) is 2. The van der Waals surface area contributed by atoms with Gasteiger partial charge in [0.2, 0.25) is 0 Å². The predicted molar refractivity (Wildman–Crippen MR) is 101 cm³/mol. The fraction of sp³-hybridized carbons (Fsp3) is 0.895. The van der Waals surface area contributed by atoms with Crippen molar-refractivity contribution in [2.45, 2.75) is 71.9 Å². The van der Waals surface area contributed by atoms with Gasteiger partial charge in [-0.15, -0.1) is 0 Å². The van der Waals surface area contributed by atoms with Gasteiger partial charge in [0.05, 0.1) is 6.61 Å². The number of nitrogens with one attached hydrogen (secondary N) is 1. The van der Waals surface area contributed by atoms with Crippen LogP contribution in [0.2, 0.25) is 0 Å². The number of rotatable bonds is 3. The lowest BCUT2D eigenvalue weighted by Gasteiger charge is -2.37. The molecule has 6 heteroatoms. The molecule has 0 radical (unpaired) electrons. The number of carbonyl (C=O) groups excluding carboxylic acids is 1. The highest BCUT2D eigenvalue weighted by atomic mass is 16.6. The quantitative estimate of drug-likeness (QED) is 0.763. The Morgan fingerprint density at radius 1 is 1.16 bits per heavy atom. The smallest absolute Gasteiger partial charge is 0.409 e. The van der Waals surface area contributed by atoms with Crippen LogP contribution >= 0.6 is 0 Å². The number of carbonyl (C=O) groups is 1. The second kappa shape index (κ2) is 11.5. The van der Waals surface area contributed by atoms with E-state index in [2.05, 4.69) is 4.90 Å². The van der Waals surface area contributed by atoms with Crippen LogP contribution in [-0.4, -0.2) is 71.6 Å². The van der Waals surface area contributed by atoms with Gasteiger partial charge in [-0.25, -0.2) is 4.79 Å². The van der Waals surface area contributed by atoms with Crippen molar-refractivity contribution < 1.29 is 14.6 Å². The van der Waals surface area contributed by atoms with Gasteiger partial charge in [0.1, 0.15) is 0 Å². The third kappa shape index (κ3) is 8.19. The maximum absolute atomic E-state index is 11.8. The lowest BCUT2D eigenvalue weighted by molar-refractivity contribution is 0.105. The molecule has 6 nitrogen and oxygen atoms in total. The Morgan fingerprint density at radius 3 is 2.28 bits per heavy atom. The largest absolute Gasteiger partial charge is 0.450 e. The topological polar surface area (TPSA) is 76.9 Å². The summed E-state index contributed by atoms with van der Waals surface area (Å²) in [6.07, 6.45) is 5.20. The predicted octanol–water partition coefficient (Wildman–Crippen LogP) is 3.14. The molecule has 2 N–H and O–H groups in total. The van der Waals surface area contributed by atoms with E-state index >= 15 is 0 Å². The first kappa shape index (κ1) is 21.9. The average molecular weight is 356 g/mol. The third-order valence-electron chi connectivity index (χ3n) is 4.88. The molecule has 2 fully saturated rings. The summed E-state index contributed by atoms with van der Waals surface area (Å²) in [4.78, 5) is 16.3. The second-order valence-electron chi connectivity index (χ2n) is 7.36. The summed E-state index contributed by atoms with van der Waals surface area (Å²) >= 11 is 0. The zero-order chi connectivity index (χ0) is 18.8. The van der Waals surface area contributed by atoms with E-state index in [1.165, 1.54) is 6.42 Å². The summed E-state index contributed by atoms with van der Waals surface area (Å²) in [7, 11) is 0. The number of ether oxygens (including phenoxy) is 1. The third-order valence-corrected chi connectivity index (χ3v) is 4.88. The molecule has 2 rings (SSSR count). The molecule has 0 bridgehead atoms. The Morgan fingerprint density at radius 2 is 1.76 bits per heavy atom. The molecule has 1 atom stereocenters. The highest BCUT2D eigenvalue weighted by molar-refractivity contribution is 5.81. The second-order valence-corrected chi connectivity index (χ2v) is 7.36. The van der Waals surface area contributed by atoms with Gasteiger partial charge in [-0.05, 0) is 78.8 Å². The van der Waals surface area contributed by atoms with Crippen LogP contribution < -0.4 is 0 Å². The number of likely N-dealkylation sites (tertiary alicyclic amines) is 2. The summed E-state index contributed by atoms with van der Waals surface area (Å²) in [5.74, 6) is 0.489. The molecule has 146 valence electrons. The first-order valence-corrected chi connectivity index (χ1v) is 9.74. The molecule has 1 unspecified atom stereocenters. The molecule has 0 aromatic heterocycles. The lowest BCUT2D eigenvalue weighted by atomic mass is 9.91.